The van der Waals surface area contributed by atoms with Gasteiger partial charge in [0.15, 0.2) is 0 Å². The van der Waals surface area contributed by atoms with Crippen LogP contribution in [0.25, 0.3) is 0 Å². The molecule has 1 aromatic rings. The van der Waals surface area contributed by atoms with Gasteiger partial charge in [-0.1, -0.05) is 11.6 Å². The molecule has 0 aromatic heterocycles. The second kappa shape index (κ2) is 5.45. The zero-order valence-electron chi connectivity index (χ0n) is 8.58. The van der Waals surface area contributed by atoms with Gasteiger partial charge in [0.25, 0.3) is 0 Å². The molecule has 0 bridgehead atoms. The molecule has 0 spiro atoms. The van der Waals surface area contributed by atoms with Crippen LogP contribution in [0.15, 0.2) is 18.2 Å². The van der Waals surface area contributed by atoms with Crippen molar-refractivity contribution in [1.29, 1.82) is 0 Å². The maximum absolute atomic E-state index is 13.1. The average molecular weight is 232 g/mol. The molecule has 0 aliphatic heterocycles. The van der Waals surface area contributed by atoms with E-state index in [1.807, 2.05) is 6.92 Å². The predicted molar refractivity (Wildman–Crippen MR) is 59.5 cm³/mol. The van der Waals surface area contributed by atoms with Crippen molar-refractivity contribution >= 4 is 11.6 Å². The minimum Gasteiger partial charge on any atom is -0.396 e. The molecule has 2 atom stereocenters. The van der Waals surface area contributed by atoms with Crippen LogP contribution in [0.4, 0.5) is 4.39 Å². The first-order chi connectivity index (χ1) is 7.04. The number of hydrogen-bond acceptors (Lipinski definition) is 2. The Hall–Kier alpha value is -0.640. The molecule has 0 aliphatic rings. The summed E-state index contributed by atoms with van der Waals surface area (Å²) in [5, 5.41) is 9.26. The Balaban J connectivity index is 2.99. The van der Waals surface area contributed by atoms with E-state index in [9.17, 15) is 4.39 Å². The molecular formula is C11H15ClFNO. The van der Waals surface area contributed by atoms with Crippen molar-refractivity contribution in [3.05, 3.63) is 34.6 Å². The third-order valence-electron chi connectivity index (χ3n) is 2.39. The summed E-state index contributed by atoms with van der Waals surface area (Å²) >= 11 is 5.76. The van der Waals surface area contributed by atoms with Crippen molar-refractivity contribution in [3.63, 3.8) is 0 Å². The highest BCUT2D eigenvalue weighted by Gasteiger charge is 2.16. The molecule has 0 amide bonds. The predicted octanol–water partition coefficient (Wildman–Crippen LogP) is 2.29. The van der Waals surface area contributed by atoms with Crippen molar-refractivity contribution in [1.82, 2.24) is 0 Å². The lowest BCUT2D eigenvalue weighted by molar-refractivity contribution is 0.269. The monoisotopic (exact) mass is 231 g/mol. The normalized spacial score (nSPS) is 15.0. The smallest absolute Gasteiger partial charge is 0.124 e. The first kappa shape index (κ1) is 12.4. The highest BCUT2D eigenvalue weighted by Crippen LogP contribution is 2.26. The lowest BCUT2D eigenvalue weighted by Crippen LogP contribution is -2.25. The van der Waals surface area contributed by atoms with E-state index in [2.05, 4.69) is 0 Å². The molecule has 0 aliphatic carbocycles. The molecule has 0 fully saturated rings. The van der Waals surface area contributed by atoms with Gasteiger partial charge >= 0.3 is 0 Å². The first-order valence-electron chi connectivity index (χ1n) is 4.87. The Labute approximate surface area is 93.9 Å². The number of aliphatic hydroxyl groups is 1. The molecule has 0 radical (unpaired) electrons. The van der Waals surface area contributed by atoms with E-state index in [-0.39, 0.29) is 24.4 Å². The number of benzene rings is 1. The summed E-state index contributed by atoms with van der Waals surface area (Å²) in [6.07, 6.45) is 0.511. The van der Waals surface area contributed by atoms with Gasteiger partial charge in [-0.15, -0.1) is 0 Å². The molecule has 3 N–H and O–H groups in total. The van der Waals surface area contributed by atoms with Gasteiger partial charge in [-0.05, 0) is 37.1 Å². The fourth-order valence-corrected chi connectivity index (χ4v) is 1.89. The third kappa shape index (κ3) is 3.45. The molecule has 0 saturated heterocycles. The fraction of sp³-hybridized carbons (Fsp3) is 0.455. The molecule has 4 heteroatoms. The van der Waals surface area contributed by atoms with E-state index in [1.54, 1.807) is 6.07 Å². The topological polar surface area (TPSA) is 46.2 Å². The SMILES string of the molecule is CC(N)C(CCO)c1cc(F)cc(Cl)c1. The van der Waals surface area contributed by atoms with Crippen LogP contribution in [0, 0.1) is 5.82 Å². The number of nitrogens with two attached hydrogens (primary N) is 1. The maximum atomic E-state index is 13.1. The Morgan fingerprint density at radius 2 is 2.13 bits per heavy atom. The molecule has 0 heterocycles. The number of aliphatic hydroxyl groups excluding tert-OH is 1. The minimum atomic E-state index is -0.374. The van der Waals surface area contributed by atoms with Crippen molar-refractivity contribution in [2.24, 2.45) is 5.73 Å². The zero-order valence-corrected chi connectivity index (χ0v) is 9.34. The van der Waals surface area contributed by atoms with E-state index in [1.165, 1.54) is 12.1 Å². The lowest BCUT2D eigenvalue weighted by Gasteiger charge is -2.20. The maximum Gasteiger partial charge on any atom is 0.124 e. The van der Waals surface area contributed by atoms with Crippen molar-refractivity contribution < 1.29 is 9.50 Å². The van der Waals surface area contributed by atoms with Crippen LogP contribution in [-0.2, 0) is 0 Å². The van der Waals surface area contributed by atoms with Gasteiger partial charge in [-0.3, -0.25) is 0 Å². The minimum absolute atomic E-state index is 0.0281. The highest BCUT2D eigenvalue weighted by atomic mass is 35.5. The zero-order chi connectivity index (χ0) is 11.4. The number of halogens is 2. The van der Waals surface area contributed by atoms with Gasteiger partial charge in [0.1, 0.15) is 5.82 Å². The Morgan fingerprint density at radius 1 is 1.47 bits per heavy atom. The van der Waals surface area contributed by atoms with Gasteiger partial charge < -0.3 is 10.8 Å². The standard InChI is InChI=1S/C11H15ClFNO/c1-7(14)11(2-3-15)8-4-9(12)6-10(13)5-8/h4-7,11,15H,2-3,14H2,1H3. The van der Waals surface area contributed by atoms with Crippen LogP contribution in [-0.4, -0.2) is 17.8 Å². The second-order valence-corrected chi connectivity index (χ2v) is 4.12. The van der Waals surface area contributed by atoms with Gasteiger partial charge in [-0.2, -0.15) is 0 Å². The second-order valence-electron chi connectivity index (χ2n) is 3.68. The summed E-state index contributed by atoms with van der Waals surface area (Å²) < 4.78 is 13.1. The van der Waals surface area contributed by atoms with Gasteiger partial charge in [0, 0.05) is 23.6 Å². The Kier molecular flexibility index (Phi) is 4.51. The molecule has 0 saturated carbocycles. The summed E-state index contributed by atoms with van der Waals surface area (Å²) in [5.41, 5.74) is 6.52. The quantitative estimate of drug-likeness (QED) is 0.835. The fourth-order valence-electron chi connectivity index (χ4n) is 1.66. The van der Waals surface area contributed by atoms with Crippen LogP contribution in [0.5, 0.6) is 0 Å². The molecule has 1 rings (SSSR count). The van der Waals surface area contributed by atoms with Crippen LogP contribution < -0.4 is 5.73 Å². The van der Waals surface area contributed by atoms with E-state index < -0.39 is 0 Å². The van der Waals surface area contributed by atoms with E-state index in [4.69, 9.17) is 22.4 Å². The van der Waals surface area contributed by atoms with Crippen LogP contribution in [0.1, 0.15) is 24.8 Å². The lowest BCUT2D eigenvalue weighted by atomic mass is 9.90. The molecule has 2 unspecified atom stereocenters. The highest BCUT2D eigenvalue weighted by molar-refractivity contribution is 6.30. The molecule has 1 aromatic carbocycles. The largest absolute Gasteiger partial charge is 0.396 e. The Bertz CT molecular complexity index is 310. The van der Waals surface area contributed by atoms with Gasteiger partial charge in [0.05, 0.1) is 0 Å². The third-order valence-corrected chi connectivity index (χ3v) is 2.61. The average Bonchev–Trinajstić information content (AvgIpc) is 2.11. The summed E-state index contributed by atoms with van der Waals surface area (Å²) in [4.78, 5) is 0. The van der Waals surface area contributed by atoms with Crippen molar-refractivity contribution in [2.45, 2.75) is 25.3 Å². The number of rotatable bonds is 4. The van der Waals surface area contributed by atoms with Crippen molar-refractivity contribution in [2.75, 3.05) is 6.61 Å². The van der Waals surface area contributed by atoms with E-state index in [0.717, 1.165) is 5.56 Å². The Morgan fingerprint density at radius 3 is 2.60 bits per heavy atom. The summed E-state index contributed by atoms with van der Waals surface area (Å²) in [6, 6.07) is 4.21. The van der Waals surface area contributed by atoms with Crippen LogP contribution in [0.3, 0.4) is 0 Å². The summed E-state index contributed by atoms with van der Waals surface area (Å²) in [5.74, 6) is -0.440. The molecule has 2 nitrogen and oxygen atoms in total. The van der Waals surface area contributed by atoms with E-state index in [0.29, 0.717) is 11.4 Å². The molecule has 15 heavy (non-hydrogen) atoms. The van der Waals surface area contributed by atoms with Gasteiger partial charge in [0.2, 0.25) is 0 Å². The van der Waals surface area contributed by atoms with Crippen LogP contribution >= 0.6 is 11.6 Å². The van der Waals surface area contributed by atoms with Gasteiger partial charge in [-0.25, -0.2) is 4.39 Å². The van der Waals surface area contributed by atoms with E-state index >= 15 is 0 Å². The first-order valence-corrected chi connectivity index (χ1v) is 5.25. The van der Waals surface area contributed by atoms with Crippen molar-refractivity contribution in [3.8, 4) is 0 Å². The number of hydrogen-bond donors (Lipinski definition) is 2. The summed E-state index contributed by atoms with van der Waals surface area (Å²) in [6.45, 7) is 1.86. The molecular weight excluding hydrogens is 217 g/mol. The van der Waals surface area contributed by atoms with Crippen LogP contribution in [0.2, 0.25) is 5.02 Å². The molecule has 84 valence electrons. The summed E-state index contributed by atoms with van der Waals surface area (Å²) in [7, 11) is 0.